The van der Waals surface area contributed by atoms with Crippen LogP contribution >= 0.6 is 0 Å². The summed E-state index contributed by atoms with van der Waals surface area (Å²) in [6.45, 7) is 0.862. The van der Waals surface area contributed by atoms with Crippen LogP contribution in [0.5, 0.6) is 0 Å². The third-order valence-corrected chi connectivity index (χ3v) is 3.96. The van der Waals surface area contributed by atoms with E-state index in [0.717, 1.165) is 12.3 Å². The summed E-state index contributed by atoms with van der Waals surface area (Å²) < 4.78 is 39.4. The summed E-state index contributed by atoms with van der Waals surface area (Å²) in [7, 11) is 0. The van der Waals surface area contributed by atoms with Crippen LogP contribution in [0.4, 0.5) is 24.7 Å². The number of rotatable bonds is 4. The van der Waals surface area contributed by atoms with Gasteiger partial charge in [-0.25, -0.2) is 14.8 Å². The molecule has 1 atom stereocenters. The van der Waals surface area contributed by atoms with Crippen LogP contribution in [0.1, 0.15) is 22.5 Å². The van der Waals surface area contributed by atoms with Gasteiger partial charge in [-0.05, 0) is 18.6 Å². The number of aromatic carboxylic acids is 1. The minimum absolute atomic E-state index is 0.105. The zero-order valence-corrected chi connectivity index (χ0v) is 13.0. The van der Waals surface area contributed by atoms with Crippen LogP contribution in [-0.4, -0.2) is 40.2 Å². The average molecular weight is 352 g/mol. The molecule has 9 heteroatoms. The maximum Gasteiger partial charge on any atom is 0.418 e. The molecule has 0 spiro atoms. The van der Waals surface area contributed by atoms with E-state index in [1.165, 1.54) is 18.3 Å². The Hall–Kier alpha value is -2.84. The first kappa shape index (κ1) is 17.0. The molecule has 2 heterocycles. The molecule has 0 radical (unpaired) electrons. The highest BCUT2D eigenvalue weighted by molar-refractivity contribution is 5.84. The smallest absolute Gasteiger partial charge is 0.418 e. The van der Waals surface area contributed by atoms with Gasteiger partial charge < -0.3 is 15.3 Å². The van der Waals surface area contributed by atoms with Gasteiger partial charge in [0.15, 0.2) is 5.69 Å². The molecule has 1 aliphatic heterocycles. The molecule has 2 N–H and O–H groups in total. The van der Waals surface area contributed by atoms with Crippen molar-refractivity contribution in [3.05, 3.63) is 47.9 Å². The van der Waals surface area contributed by atoms with Crippen molar-refractivity contribution in [1.29, 1.82) is 0 Å². The summed E-state index contributed by atoms with van der Waals surface area (Å²) in [6, 6.07) is 5.39. The molecule has 6 nitrogen and oxygen atoms in total. The molecule has 0 saturated carbocycles. The lowest BCUT2D eigenvalue weighted by molar-refractivity contribution is -0.137. The maximum absolute atomic E-state index is 13.1. The molecule has 2 aromatic rings. The third kappa shape index (κ3) is 3.81. The van der Waals surface area contributed by atoms with Gasteiger partial charge in [0.1, 0.15) is 5.82 Å². The highest BCUT2D eigenvalue weighted by Crippen LogP contribution is 2.37. The van der Waals surface area contributed by atoms with Crippen molar-refractivity contribution < 1.29 is 23.1 Å². The van der Waals surface area contributed by atoms with Crippen LogP contribution in [-0.2, 0) is 6.18 Å². The van der Waals surface area contributed by atoms with E-state index in [4.69, 9.17) is 5.11 Å². The molecular weight excluding hydrogens is 337 g/mol. The summed E-state index contributed by atoms with van der Waals surface area (Å²) in [5.74, 6) is -0.782. The van der Waals surface area contributed by atoms with Crippen LogP contribution in [0, 0.1) is 0 Å². The van der Waals surface area contributed by atoms with Gasteiger partial charge in [0, 0.05) is 24.8 Å². The Labute approximate surface area is 141 Å². The predicted molar refractivity (Wildman–Crippen MR) is 84.7 cm³/mol. The molecule has 1 aromatic heterocycles. The molecule has 3 rings (SSSR count). The Morgan fingerprint density at radius 2 is 2.00 bits per heavy atom. The van der Waals surface area contributed by atoms with Crippen LogP contribution in [0.15, 0.2) is 36.7 Å². The summed E-state index contributed by atoms with van der Waals surface area (Å²) in [5, 5.41) is 11.9. The number of hydrogen-bond donors (Lipinski definition) is 2. The van der Waals surface area contributed by atoms with E-state index < -0.39 is 17.7 Å². The van der Waals surface area contributed by atoms with E-state index in [9.17, 15) is 18.0 Å². The highest BCUT2D eigenvalue weighted by Gasteiger charge is 2.36. The number of alkyl halides is 3. The Morgan fingerprint density at radius 3 is 2.64 bits per heavy atom. The van der Waals surface area contributed by atoms with E-state index in [1.807, 2.05) is 0 Å². The van der Waals surface area contributed by atoms with Crippen LogP contribution in [0.3, 0.4) is 0 Å². The number of carbonyl (C=O) groups is 1. The van der Waals surface area contributed by atoms with Crippen molar-refractivity contribution in [3.63, 3.8) is 0 Å². The first-order chi connectivity index (χ1) is 11.8. The van der Waals surface area contributed by atoms with Crippen molar-refractivity contribution in [2.24, 2.45) is 0 Å². The van der Waals surface area contributed by atoms with E-state index >= 15 is 0 Å². The van der Waals surface area contributed by atoms with E-state index in [0.29, 0.717) is 25.3 Å². The lowest BCUT2D eigenvalue weighted by atomic mass is 10.1. The van der Waals surface area contributed by atoms with Crippen molar-refractivity contribution in [1.82, 2.24) is 9.97 Å². The average Bonchev–Trinajstić information content (AvgIpc) is 3.03. The highest BCUT2D eigenvalue weighted by atomic mass is 19.4. The molecule has 1 unspecified atom stereocenters. The number of halogens is 3. The standard InChI is InChI=1S/C16H15F3N4O2/c17-16(18,19)11-3-1-2-4-13(11)23-6-5-10(9-23)22-14-8-20-12(7-21-14)15(24)25/h1-4,7-8,10H,5-6,9H2,(H,21,22)(H,24,25). The second kappa shape index (κ2) is 6.58. The van der Waals surface area contributed by atoms with E-state index in [2.05, 4.69) is 15.3 Å². The third-order valence-electron chi connectivity index (χ3n) is 3.96. The normalized spacial score (nSPS) is 17.6. The number of carboxylic acid groups (broad SMARTS) is 1. The Bertz CT molecular complexity index is 765. The molecule has 1 fully saturated rings. The summed E-state index contributed by atoms with van der Waals surface area (Å²) >= 11 is 0. The monoisotopic (exact) mass is 352 g/mol. The summed E-state index contributed by atoms with van der Waals surface area (Å²) in [5.41, 5.74) is -0.662. The first-order valence-corrected chi connectivity index (χ1v) is 7.57. The van der Waals surface area contributed by atoms with Gasteiger partial charge in [-0.2, -0.15) is 13.2 Å². The molecule has 0 bridgehead atoms. The fourth-order valence-electron chi connectivity index (χ4n) is 2.81. The first-order valence-electron chi connectivity index (χ1n) is 7.57. The molecule has 0 aliphatic carbocycles. The second-order valence-corrected chi connectivity index (χ2v) is 5.68. The SMILES string of the molecule is O=C(O)c1cnc(NC2CCN(c3ccccc3C(F)(F)F)C2)cn1. The van der Waals surface area contributed by atoms with E-state index in [-0.39, 0.29) is 17.4 Å². The fourth-order valence-corrected chi connectivity index (χ4v) is 2.81. The Kier molecular flexibility index (Phi) is 4.47. The van der Waals surface area contributed by atoms with Crippen molar-refractivity contribution >= 4 is 17.5 Å². The van der Waals surface area contributed by atoms with Gasteiger partial charge in [0.2, 0.25) is 0 Å². The van der Waals surface area contributed by atoms with Crippen molar-refractivity contribution in [3.8, 4) is 0 Å². The molecule has 1 aliphatic rings. The van der Waals surface area contributed by atoms with Crippen LogP contribution < -0.4 is 10.2 Å². The molecular formula is C16H15F3N4O2. The van der Waals surface area contributed by atoms with Gasteiger partial charge in [-0.1, -0.05) is 12.1 Å². The fraction of sp³-hybridized carbons (Fsp3) is 0.312. The number of para-hydroxylation sites is 1. The maximum atomic E-state index is 13.1. The molecule has 1 saturated heterocycles. The zero-order chi connectivity index (χ0) is 18.0. The molecule has 132 valence electrons. The minimum Gasteiger partial charge on any atom is -0.476 e. The van der Waals surface area contributed by atoms with Crippen LogP contribution in [0.2, 0.25) is 0 Å². The minimum atomic E-state index is -4.40. The topological polar surface area (TPSA) is 78.3 Å². The largest absolute Gasteiger partial charge is 0.476 e. The number of anilines is 2. The van der Waals surface area contributed by atoms with Crippen molar-refractivity contribution in [2.45, 2.75) is 18.6 Å². The number of carboxylic acids is 1. The number of nitrogens with zero attached hydrogens (tertiary/aromatic N) is 3. The zero-order valence-electron chi connectivity index (χ0n) is 13.0. The second-order valence-electron chi connectivity index (χ2n) is 5.68. The van der Waals surface area contributed by atoms with Gasteiger partial charge >= 0.3 is 12.1 Å². The lowest BCUT2D eigenvalue weighted by Crippen LogP contribution is -2.28. The lowest BCUT2D eigenvalue weighted by Gasteiger charge is -2.23. The van der Waals surface area contributed by atoms with Gasteiger partial charge in [-0.15, -0.1) is 0 Å². The van der Waals surface area contributed by atoms with Crippen LogP contribution in [0.25, 0.3) is 0 Å². The quantitative estimate of drug-likeness (QED) is 0.881. The molecule has 1 aromatic carbocycles. The molecule has 25 heavy (non-hydrogen) atoms. The summed E-state index contributed by atoms with van der Waals surface area (Å²) in [6.07, 6.45) is -1.33. The predicted octanol–water partition coefficient (Wildman–Crippen LogP) is 2.88. The van der Waals surface area contributed by atoms with Crippen molar-refractivity contribution in [2.75, 3.05) is 23.3 Å². The number of hydrogen-bond acceptors (Lipinski definition) is 5. The van der Waals surface area contributed by atoms with E-state index in [1.54, 1.807) is 11.0 Å². The Morgan fingerprint density at radius 1 is 1.24 bits per heavy atom. The number of benzene rings is 1. The van der Waals surface area contributed by atoms with Gasteiger partial charge in [0.05, 0.1) is 18.0 Å². The van der Waals surface area contributed by atoms with Gasteiger partial charge in [-0.3, -0.25) is 0 Å². The summed E-state index contributed by atoms with van der Waals surface area (Å²) in [4.78, 5) is 20.2. The van der Waals surface area contributed by atoms with Gasteiger partial charge in [0.25, 0.3) is 0 Å². The number of nitrogens with one attached hydrogen (secondary N) is 1. The number of aromatic nitrogens is 2. The Balaban J connectivity index is 1.69. The molecule has 0 amide bonds.